The molecule has 0 aliphatic carbocycles. The van der Waals surface area contributed by atoms with E-state index in [1.54, 1.807) is 18.2 Å². The molecule has 3 rings (SSSR count). The van der Waals surface area contributed by atoms with Crippen molar-refractivity contribution in [2.75, 3.05) is 13.7 Å². The number of fused-ring (bicyclic) bond motifs is 1. The standard InChI is InChI=1S/C19H17Cl2NO4/c1-25-19(24)16-9-12-5-2-3-6-13(12)10-22(16)17(23)11-26-18-14(20)7-4-8-15(18)21/h2-8,16H,9-11H2,1H3/t16-/m0/s1. The Morgan fingerprint density at radius 2 is 1.73 bits per heavy atom. The van der Waals surface area contributed by atoms with Crippen molar-refractivity contribution in [3.8, 4) is 5.75 Å². The van der Waals surface area contributed by atoms with Crippen LogP contribution in [-0.4, -0.2) is 36.5 Å². The van der Waals surface area contributed by atoms with Crippen LogP contribution in [0, 0.1) is 0 Å². The molecule has 1 atom stereocenters. The number of nitrogens with zero attached hydrogens (tertiary/aromatic N) is 1. The van der Waals surface area contributed by atoms with Gasteiger partial charge >= 0.3 is 5.97 Å². The molecule has 2 aromatic carbocycles. The minimum Gasteiger partial charge on any atom is -0.481 e. The lowest BCUT2D eigenvalue weighted by molar-refractivity contribution is -0.154. The molecular formula is C19H17Cl2NO4. The smallest absolute Gasteiger partial charge is 0.328 e. The first-order chi connectivity index (χ1) is 12.5. The van der Waals surface area contributed by atoms with E-state index in [1.807, 2.05) is 24.3 Å². The van der Waals surface area contributed by atoms with Crippen molar-refractivity contribution in [1.82, 2.24) is 4.90 Å². The van der Waals surface area contributed by atoms with Crippen LogP contribution in [0.1, 0.15) is 11.1 Å². The maximum Gasteiger partial charge on any atom is 0.328 e. The van der Waals surface area contributed by atoms with Crippen molar-refractivity contribution in [2.45, 2.75) is 19.0 Å². The molecule has 1 heterocycles. The van der Waals surface area contributed by atoms with E-state index in [4.69, 9.17) is 32.7 Å². The predicted octanol–water partition coefficient (Wildman–Crippen LogP) is 3.50. The van der Waals surface area contributed by atoms with Crippen LogP contribution in [0.3, 0.4) is 0 Å². The molecule has 5 nitrogen and oxygen atoms in total. The molecular weight excluding hydrogens is 377 g/mol. The molecule has 0 fully saturated rings. The molecule has 0 bridgehead atoms. The van der Waals surface area contributed by atoms with Crippen LogP contribution in [0.2, 0.25) is 10.0 Å². The van der Waals surface area contributed by atoms with Crippen LogP contribution in [0.15, 0.2) is 42.5 Å². The zero-order chi connectivity index (χ0) is 18.7. The lowest BCUT2D eigenvalue weighted by atomic mass is 9.94. The first-order valence-electron chi connectivity index (χ1n) is 8.02. The zero-order valence-corrected chi connectivity index (χ0v) is 15.6. The molecule has 26 heavy (non-hydrogen) atoms. The Morgan fingerprint density at radius 3 is 2.38 bits per heavy atom. The van der Waals surface area contributed by atoms with Crippen molar-refractivity contribution >= 4 is 35.1 Å². The monoisotopic (exact) mass is 393 g/mol. The van der Waals surface area contributed by atoms with Gasteiger partial charge in [-0.1, -0.05) is 53.5 Å². The van der Waals surface area contributed by atoms with Gasteiger partial charge in [0, 0.05) is 13.0 Å². The molecule has 2 aromatic rings. The molecule has 0 saturated heterocycles. The number of hydrogen-bond acceptors (Lipinski definition) is 4. The van der Waals surface area contributed by atoms with Crippen molar-refractivity contribution in [3.63, 3.8) is 0 Å². The molecule has 1 aliphatic heterocycles. The highest BCUT2D eigenvalue weighted by Gasteiger charge is 2.35. The van der Waals surface area contributed by atoms with E-state index < -0.39 is 12.0 Å². The average molecular weight is 394 g/mol. The number of esters is 1. The van der Waals surface area contributed by atoms with Gasteiger partial charge < -0.3 is 14.4 Å². The highest BCUT2D eigenvalue weighted by atomic mass is 35.5. The van der Waals surface area contributed by atoms with Gasteiger partial charge in [-0.05, 0) is 23.3 Å². The van der Waals surface area contributed by atoms with Crippen molar-refractivity contribution < 1.29 is 19.1 Å². The summed E-state index contributed by atoms with van der Waals surface area (Å²) in [6.07, 6.45) is 0.404. The summed E-state index contributed by atoms with van der Waals surface area (Å²) < 4.78 is 10.4. The summed E-state index contributed by atoms with van der Waals surface area (Å²) in [5.41, 5.74) is 2.03. The third kappa shape index (κ3) is 3.79. The molecule has 0 radical (unpaired) electrons. The molecule has 1 amide bonds. The maximum atomic E-state index is 12.7. The summed E-state index contributed by atoms with van der Waals surface area (Å²) in [7, 11) is 1.31. The number of methoxy groups -OCH3 is 1. The highest BCUT2D eigenvalue weighted by molar-refractivity contribution is 6.37. The molecule has 0 aromatic heterocycles. The van der Waals surface area contributed by atoms with Crippen LogP contribution in [0.25, 0.3) is 0 Å². The van der Waals surface area contributed by atoms with Gasteiger partial charge in [0.05, 0.1) is 17.2 Å². The molecule has 0 unspecified atom stereocenters. The fourth-order valence-corrected chi connectivity index (χ4v) is 3.48. The van der Waals surface area contributed by atoms with Crippen LogP contribution in [-0.2, 0) is 27.3 Å². The number of para-hydroxylation sites is 1. The Morgan fingerprint density at radius 1 is 1.08 bits per heavy atom. The van der Waals surface area contributed by atoms with Crippen LogP contribution >= 0.6 is 23.2 Å². The van der Waals surface area contributed by atoms with Gasteiger partial charge in [0.15, 0.2) is 12.4 Å². The highest BCUT2D eigenvalue weighted by Crippen LogP contribution is 2.32. The van der Waals surface area contributed by atoms with Crippen molar-refractivity contribution in [2.24, 2.45) is 0 Å². The predicted molar refractivity (Wildman–Crippen MR) is 98.5 cm³/mol. The Balaban J connectivity index is 1.79. The van der Waals surface area contributed by atoms with Crippen LogP contribution < -0.4 is 4.74 Å². The molecule has 1 aliphatic rings. The van der Waals surface area contributed by atoms with Crippen LogP contribution in [0.5, 0.6) is 5.75 Å². The molecule has 0 saturated carbocycles. The van der Waals surface area contributed by atoms with Gasteiger partial charge in [0.1, 0.15) is 6.04 Å². The van der Waals surface area contributed by atoms with Crippen molar-refractivity contribution in [3.05, 3.63) is 63.6 Å². The fourth-order valence-electron chi connectivity index (χ4n) is 2.97. The van der Waals surface area contributed by atoms with E-state index in [-0.39, 0.29) is 18.3 Å². The summed E-state index contributed by atoms with van der Waals surface area (Å²) in [6.45, 7) is 0.0352. The summed E-state index contributed by atoms with van der Waals surface area (Å²) in [4.78, 5) is 26.4. The number of ether oxygens (including phenoxy) is 2. The number of benzene rings is 2. The molecule has 7 heteroatoms. The number of amides is 1. The Kier molecular flexibility index (Phi) is 5.69. The summed E-state index contributed by atoms with van der Waals surface area (Å²) in [6, 6.07) is 12.0. The zero-order valence-electron chi connectivity index (χ0n) is 14.1. The first kappa shape index (κ1) is 18.5. The summed E-state index contributed by atoms with van der Waals surface area (Å²) >= 11 is 12.1. The van der Waals surface area contributed by atoms with E-state index in [1.165, 1.54) is 12.0 Å². The summed E-state index contributed by atoms with van der Waals surface area (Å²) in [5, 5.41) is 0.637. The van der Waals surface area contributed by atoms with Gasteiger partial charge in [0.2, 0.25) is 0 Å². The third-order valence-electron chi connectivity index (χ3n) is 4.30. The summed E-state index contributed by atoms with van der Waals surface area (Å²) in [5.74, 6) is -0.550. The number of carbonyl (C=O) groups is 2. The SMILES string of the molecule is COC(=O)[C@@H]1Cc2ccccc2CN1C(=O)COc1c(Cl)cccc1Cl. The minimum atomic E-state index is -0.687. The third-order valence-corrected chi connectivity index (χ3v) is 4.90. The van der Waals surface area contributed by atoms with Crippen LogP contribution in [0.4, 0.5) is 0 Å². The van der Waals surface area contributed by atoms with E-state index in [0.717, 1.165) is 11.1 Å². The quantitative estimate of drug-likeness (QED) is 0.745. The first-order valence-corrected chi connectivity index (χ1v) is 8.77. The topological polar surface area (TPSA) is 55.8 Å². The van der Waals surface area contributed by atoms with Crippen molar-refractivity contribution in [1.29, 1.82) is 0 Å². The number of halogens is 2. The number of rotatable bonds is 4. The van der Waals surface area contributed by atoms with Gasteiger partial charge in [-0.2, -0.15) is 0 Å². The Hall–Kier alpha value is -2.24. The van der Waals surface area contributed by atoms with Gasteiger partial charge in [-0.25, -0.2) is 4.79 Å². The second-order valence-electron chi connectivity index (χ2n) is 5.87. The van der Waals surface area contributed by atoms with Gasteiger partial charge in [-0.15, -0.1) is 0 Å². The van der Waals surface area contributed by atoms with E-state index in [2.05, 4.69) is 0 Å². The van der Waals surface area contributed by atoms with Gasteiger partial charge in [-0.3, -0.25) is 4.79 Å². The molecule has 0 spiro atoms. The second-order valence-corrected chi connectivity index (χ2v) is 6.69. The minimum absolute atomic E-state index is 0.246. The Bertz CT molecular complexity index is 820. The van der Waals surface area contributed by atoms with Gasteiger partial charge in [0.25, 0.3) is 5.91 Å². The lowest BCUT2D eigenvalue weighted by Gasteiger charge is -2.35. The number of hydrogen-bond donors (Lipinski definition) is 0. The van der Waals surface area contributed by atoms with E-state index >= 15 is 0 Å². The maximum absolute atomic E-state index is 12.7. The second kappa shape index (κ2) is 7.98. The normalized spacial score (nSPS) is 16.0. The fraction of sp³-hybridized carbons (Fsp3) is 0.263. The van der Waals surface area contributed by atoms with E-state index in [9.17, 15) is 9.59 Å². The molecule has 136 valence electrons. The largest absolute Gasteiger partial charge is 0.481 e. The number of carbonyl (C=O) groups excluding carboxylic acids is 2. The molecule has 0 N–H and O–H groups in total. The Labute approximate surface area is 161 Å². The van der Waals surface area contributed by atoms with E-state index in [0.29, 0.717) is 23.0 Å². The average Bonchev–Trinajstić information content (AvgIpc) is 2.65. The lowest BCUT2D eigenvalue weighted by Crippen LogP contribution is -2.50.